The van der Waals surface area contributed by atoms with Gasteiger partial charge in [-0.15, -0.1) is 0 Å². The molecule has 1 N–H and O–H groups in total. The lowest BCUT2D eigenvalue weighted by Gasteiger charge is -2.30. The van der Waals surface area contributed by atoms with E-state index in [1.165, 1.54) is 12.1 Å². The van der Waals surface area contributed by atoms with Gasteiger partial charge < -0.3 is 9.84 Å². The third kappa shape index (κ3) is 4.02. The van der Waals surface area contributed by atoms with E-state index < -0.39 is 11.9 Å². The van der Waals surface area contributed by atoms with Gasteiger partial charge in [0, 0.05) is 17.1 Å². The zero-order chi connectivity index (χ0) is 15.4. The molecule has 1 aromatic carbocycles. The van der Waals surface area contributed by atoms with Crippen molar-refractivity contribution in [2.75, 3.05) is 19.8 Å². The summed E-state index contributed by atoms with van der Waals surface area (Å²) >= 11 is 3.37. The van der Waals surface area contributed by atoms with E-state index >= 15 is 0 Å². The van der Waals surface area contributed by atoms with Gasteiger partial charge in [-0.3, -0.25) is 9.69 Å². The van der Waals surface area contributed by atoms with E-state index in [0.29, 0.717) is 17.6 Å². The van der Waals surface area contributed by atoms with Crippen molar-refractivity contribution >= 4 is 21.9 Å². The van der Waals surface area contributed by atoms with E-state index in [4.69, 9.17) is 4.74 Å². The molecule has 0 amide bonds. The van der Waals surface area contributed by atoms with Crippen molar-refractivity contribution in [2.45, 2.75) is 25.9 Å². The van der Waals surface area contributed by atoms with Crippen molar-refractivity contribution in [3.05, 3.63) is 34.1 Å². The molecule has 1 saturated heterocycles. The Kier molecular flexibility index (Phi) is 5.72. The molecule has 2 unspecified atom stereocenters. The predicted molar refractivity (Wildman–Crippen MR) is 80.5 cm³/mol. The number of aliphatic carboxylic acids is 1. The molecule has 21 heavy (non-hydrogen) atoms. The zero-order valence-corrected chi connectivity index (χ0v) is 13.5. The van der Waals surface area contributed by atoms with E-state index in [9.17, 15) is 14.3 Å². The van der Waals surface area contributed by atoms with Crippen LogP contribution in [0.15, 0.2) is 22.7 Å². The van der Waals surface area contributed by atoms with Crippen molar-refractivity contribution in [1.29, 1.82) is 0 Å². The maximum Gasteiger partial charge on any atom is 0.310 e. The Morgan fingerprint density at radius 1 is 1.52 bits per heavy atom. The van der Waals surface area contributed by atoms with Gasteiger partial charge in [0.25, 0.3) is 0 Å². The molecule has 0 aliphatic carbocycles. The average molecular weight is 360 g/mol. The summed E-state index contributed by atoms with van der Waals surface area (Å²) in [4.78, 5) is 13.4. The minimum Gasteiger partial charge on any atom is -0.481 e. The number of nitrogens with zero attached hydrogens (tertiary/aromatic N) is 1. The van der Waals surface area contributed by atoms with Gasteiger partial charge in [0.1, 0.15) is 5.82 Å². The average Bonchev–Trinajstić information content (AvgIpc) is 2.90. The lowest BCUT2D eigenvalue weighted by atomic mass is 10.0. The first-order chi connectivity index (χ1) is 10.0. The van der Waals surface area contributed by atoms with Crippen LogP contribution in [0, 0.1) is 11.7 Å². The topological polar surface area (TPSA) is 49.8 Å². The number of carbonyl (C=O) groups is 1. The first kappa shape index (κ1) is 16.4. The first-order valence-corrected chi connectivity index (χ1v) is 7.80. The third-order valence-electron chi connectivity index (χ3n) is 3.74. The number of halogens is 2. The lowest BCUT2D eigenvalue weighted by molar-refractivity contribution is -0.143. The van der Waals surface area contributed by atoms with Crippen LogP contribution < -0.4 is 0 Å². The molecule has 0 aromatic heterocycles. The summed E-state index contributed by atoms with van der Waals surface area (Å²) in [7, 11) is 0. The normalized spacial score (nSPS) is 21.9. The fraction of sp³-hybridized carbons (Fsp3) is 0.533. The molecule has 1 aliphatic heterocycles. The predicted octanol–water partition coefficient (Wildman–Crippen LogP) is 2.90. The molecule has 1 aliphatic rings. The maximum atomic E-state index is 13.2. The summed E-state index contributed by atoms with van der Waals surface area (Å²) in [5, 5.41) is 9.29. The van der Waals surface area contributed by atoms with Crippen LogP contribution in [0.2, 0.25) is 0 Å². The van der Waals surface area contributed by atoms with Gasteiger partial charge in [-0.2, -0.15) is 0 Å². The van der Waals surface area contributed by atoms with Crippen molar-refractivity contribution in [3.63, 3.8) is 0 Å². The molecule has 0 radical (unpaired) electrons. The highest BCUT2D eigenvalue weighted by Gasteiger charge is 2.37. The Morgan fingerprint density at radius 2 is 2.29 bits per heavy atom. The SMILES string of the molecule is CCCN(Cc1ccc(F)cc1Br)C1COCC1C(=O)O. The highest BCUT2D eigenvalue weighted by atomic mass is 79.9. The van der Waals surface area contributed by atoms with Crippen LogP contribution >= 0.6 is 15.9 Å². The second kappa shape index (κ2) is 7.33. The Hall–Kier alpha value is -0.980. The van der Waals surface area contributed by atoms with Gasteiger partial charge in [0.05, 0.1) is 19.1 Å². The van der Waals surface area contributed by atoms with Crippen LogP contribution in [-0.4, -0.2) is 41.8 Å². The summed E-state index contributed by atoms with van der Waals surface area (Å²) < 4.78 is 19.2. The summed E-state index contributed by atoms with van der Waals surface area (Å²) in [6.45, 7) is 4.09. The quantitative estimate of drug-likeness (QED) is 0.848. The molecule has 2 atom stereocenters. The zero-order valence-electron chi connectivity index (χ0n) is 11.9. The van der Waals surface area contributed by atoms with E-state index in [1.807, 2.05) is 0 Å². The van der Waals surface area contributed by atoms with Gasteiger partial charge in [0.15, 0.2) is 0 Å². The van der Waals surface area contributed by atoms with E-state index in [0.717, 1.165) is 18.5 Å². The summed E-state index contributed by atoms with van der Waals surface area (Å²) in [6, 6.07) is 4.44. The second-order valence-electron chi connectivity index (χ2n) is 5.26. The second-order valence-corrected chi connectivity index (χ2v) is 6.11. The van der Waals surface area contributed by atoms with Gasteiger partial charge in [-0.05, 0) is 30.7 Å². The molecule has 2 rings (SSSR count). The van der Waals surface area contributed by atoms with E-state index in [-0.39, 0.29) is 18.5 Å². The van der Waals surface area contributed by atoms with Gasteiger partial charge in [0.2, 0.25) is 0 Å². The van der Waals surface area contributed by atoms with Gasteiger partial charge in [-0.25, -0.2) is 4.39 Å². The van der Waals surface area contributed by atoms with Gasteiger partial charge in [-0.1, -0.05) is 28.9 Å². The van der Waals surface area contributed by atoms with Gasteiger partial charge >= 0.3 is 5.97 Å². The van der Waals surface area contributed by atoms with Crippen LogP contribution in [-0.2, 0) is 16.1 Å². The van der Waals surface area contributed by atoms with Crippen LogP contribution in [0.3, 0.4) is 0 Å². The molecule has 1 aromatic rings. The lowest BCUT2D eigenvalue weighted by Crippen LogP contribution is -2.43. The van der Waals surface area contributed by atoms with Crippen molar-refractivity contribution in [3.8, 4) is 0 Å². The van der Waals surface area contributed by atoms with Crippen molar-refractivity contribution in [2.24, 2.45) is 5.92 Å². The molecule has 116 valence electrons. The highest BCUT2D eigenvalue weighted by Crippen LogP contribution is 2.25. The fourth-order valence-corrected chi connectivity index (χ4v) is 3.13. The number of rotatable bonds is 6. The number of hydrogen-bond donors (Lipinski definition) is 1. The smallest absolute Gasteiger partial charge is 0.310 e. The molecular weight excluding hydrogens is 341 g/mol. The molecular formula is C15H19BrFNO3. The molecule has 0 saturated carbocycles. The molecule has 4 nitrogen and oxygen atoms in total. The Balaban J connectivity index is 2.16. The van der Waals surface area contributed by atoms with Crippen LogP contribution in [0.4, 0.5) is 4.39 Å². The standard InChI is InChI=1S/C15H19BrFNO3/c1-2-5-18(14-9-21-8-12(14)15(19)20)7-10-3-4-11(17)6-13(10)16/h3-4,6,12,14H,2,5,7-9H2,1H3,(H,19,20). The summed E-state index contributed by atoms with van der Waals surface area (Å²) in [5.41, 5.74) is 0.945. The fourth-order valence-electron chi connectivity index (χ4n) is 2.66. The minimum atomic E-state index is -0.822. The maximum absolute atomic E-state index is 13.2. The largest absolute Gasteiger partial charge is 0.481 e. The third-order valence-corrected chi connectivity index (χ3v) is 4.47. The number of carboxylic acids is 1. The number of ether oxygens (including phenoxy) is 1. The Morgan fingerprint density at radius 3 is 2.90 bits per heavy atom. The molecule has 1 heterocycles. The van der Waals surface area contributed by atoms with Crippen LogP contribution in [0.25, 0.3) is 0 Å². The number of carboxylic acid groups (broad SMARTS) is 1. The Labute approximate surface area is 132 Å². The summed E-state index contributed by atoms with van der Waals surface area (Å²) in [5.74, 6) is -1.62. The van der Waals surface area contributed by atoms with Crippen LogP contribution in [0.1, 0.15) is 18.9 Å². The number of benzene rings is 1. The van der Waals surface area contributed by atoms with Crippen LogP contribution in [0.5, 0.6) is 0 Å². The molecule has 1 fully saturated rings. The highest BCUT2D eigenvalue weighted by molar-refractivity contribution is 9.10. The summed E-state index contributed by atoms with van der Waals surface area (Å²) in [6.07, 6.45) is 0.918. The monoisotopic (exact) mass is 359 g/mol. The van der Waals surface area contributed by atoms with E-state index in [2.05, 4.69) is 27.8 Å². The number of hydrogen-bond acceptors (Lipinski definition) is 3. The molecule has 6 heteroatoms. The molecule has 0 spiro atoms. The first-order valence-electron chi connectivity index (χ1n) is 7.01. The van der Waals surface area contributed by atoms with Crippen molar-refractivity contribution < 1.29 is 19.0 Å². The Bertz CT molecular complexity index is 512. The van der Waals surface area contributed by atoms with Crippen molar-refractivity contribution in [1.82, 2.24) is 4.90 Å². The minimum absolute atomic E-state index is 0.139. The van der Waals surface area contributed by atoms with E-state index in [1.54, 1.807) is 6.07 Å². The molecule has 0 bridgehead atoms.